The van der Waals surface area contributed by atoms with Crippen molar-refractivity contribution in [3.05, 3.63) is 122 Å². The largest absolute Gasteiger partial charge is 0.494 e. The zero-order chi connectivity index (χ0) is 55.4. The summed E-state index contributed by atoms with van der Waals surface area (Å²) < 4.78 is 23.1. The summed E-state index contributed by atoms with van der Waals surface area (Å²) in [6.07, 6.45) is 1.59. The van der Waals surface area contributed by atoms with E-state index in [9.17, 15) is 29.1 Å². The van der Waals surface area contributed by atoms with E-state index in [1.54, 1.807) is 11.3 Å². The average molecular weight is 1080 g/mol. The van der Waals surface area contributed by atoms with Gasteiger partial charge < -0.3 is 54.8 Å². The van der Waals surface area contributed by atoms with Crippen LogP contribution >= 0.6 is 11.3 Å². The number of aliphatic hydroxyl groups excluding tert-OH is 1. The van der Waals surface area contributed by atoms with Crippen molar-refractivity contribution in [2.24, 2.45) is 5.41 Å². The molecule has 2 aliphatic rings. The minimum atomic E-state index is -0.985. The van der Waals surface area contributed by atoms with Crippen molar-refractivity contribution in [1.82, 2.24) is 30.8 Å². The Kier molecular flexibility index (Phi) is 20.2. The van der Waals surface area contributed by atoms with E-state index >= 15 is 0 Å². The Hall–Kier alpha value is -6.44. The number of aromatic amines is 1. The second-order valence-electron chi connectivity index (χ2n) is 21.2. The van der Waals surface area contributed by atoms with Crippen LogP contribution in [0, 0.1) is 33.1 Å². The van der Waals surface area contributed by atoms with Gasteiger partial charge in [0.25, 0.3) is 11.5 Å². The van der Waals surface area contributed by atoms with Gasteiger partial charge >= 0.3 is 0 Å². The number of aliphatic hydroxyl groups is 1. The lowest BCUT2D eigenvalue weighted by Crippen LogP contribution is -2.58. The number of anilines is 1. The highest BCUT2D eigenvalue weighted by Crippen LogP contribution is 2.35. The number of thiazole rings is 1. The number of hydrogen-bond donors (Lipinski definition) is 5. The van der Waals surface area contributed by atoms with Crippen LogP contribution in [0.15, 0.2) is 77.0 Å². The van der Waals surface area contributed by atoms with Gasteiger partial charge in [0.1, 0.15) is 24.4 Å². The fourth-order valence-electron chi connectivity index (χ4n) is 10.1. The van der Waals surface area contributed by atoms with Crippen LogP contribution in [-0.2, 0) is 35.1 Å². The summed E-state index contributed by atoms with van der Waals surface area (Å²) in [5, 5.41) is 19.5. The first-order chi connectivity index (χ1) is 36.8. The van der Waals surface area contributed by atoms with Crippen molar-refractivity contribution in [3.8, 4) is 27.3 Å². The molecule has 5 N–H and O–H groups in total. The summed E-state index contributed by atoms with van der Waals surface area (Å²) in [4.78, 5) is 79.7. The predicted molar refractivity (Wildman–Crippen MR) is 299 cm³/mol. The first-order valence-corrected chi connectivity index (χ1v) is 27.6. The number of β-amino-alcohol motifs (C(OH)–C–C–N with tert-alkyl or cyclic N) is 1. The second-order valence-corrected chi connectivity index (χ2v) is 22.1. The van der Waals surface area contributed by atoms with Gasteiger partial charge in [-0.05, 0) is 124 Å². The molecule has 2 saturated heterocycles. The van der Waals surface area contributed by atoms with E-state index in [0.29, 0.717) is 49.7 Å². The summed E-state index contributed by atoms with van der Waals surface area (Å²) in [6.45, 7) is 20.3. The van der Waals surface area contributed by atoms with Gasteiger partial charge in [-0.15, -0.1) is 11.3 Å². The number of carbonyl (C=O) groups is 4. The van der Waals surface area contributed by atoms with Gasteiger partial charge in [-0.25, -0.2) is 4.98 Å². The molecule has 0 spiro atoms. The van der Waals surface area contributed by atoms with Gasteiger partial charge in [0.15, 0.2) is 0 Å². The topological polar surface area (TPSA) is 214 Å². The number of aryl methyl sites for hydroxylation is 3. The third kappa shape index (κ3) is 15.2. The molecule has 3 aromatic carbocycles. The third-order valence-electron chi connectivity index (χ3n) is 14.4. The van der Waals surface area contributed by atoms with Gasteiger partial charge in [-0.1, -0.05) is 57.2 Å². The first-order valence-electron chi connectivity index (χ1n) is 26.8. The lowest BCUT2D eigenvalue weighted by atomic mass is 9.85. The number of nitrogens with zero attached hydrogens (tertiary/aromatic N) is 3. The molecule has 2 aromatic heterocycles. The average Bonchev–Trinajstić information content (AvgIpc) is 4.03. The number of nitrogens with one attached hydrogen (secondary N) is 4. The van der Waals surface area contributed by atoms with E-state index in [2.05, 4.69) is 43.8 Å². The van der Waals surface area contributed by atoms with Crippen LogP contribution in [0.5, 0.6) is 5.75 Å². The smallest absolute Gasteiger partial charge is 0.253 e. The fourth-order valence-corrected chi connectivity index (χ4v) is 10.9. The van der Waals surface area contributed by atoms with Gasteiger partial charge in [0, 0.05) is 80.8 Å². The van der Waals surface area contributed by atoms with E-state index in [1.807, 2.05) is 122 Å². The van der Waals surface area contributed by atoms with Crippen LogP contribution in [-0.4, -0.2) is 127 Å². The maximum absolute atomic E-state index is 14.1. The number of rotatable bonds is 23. The normalized spacial score (nSPS) is 16.7. The molecule has 5 aromatic rings. The fraction of sp³-hybridized carbons (Fsp3) is 0.492. The molecule has 4 amide bonds. The van der Waals surface area contributed by atoms with Crippen LogP contribution in [0.3, 0.4) is 0 Å². The zero-order valence-corrected chi connectivity index (χ0v) is 46.9. The number of likely N-dealkylation sites (tertiary alicyclic amines) is 1. The van der Waals surface area contributed by atoms with Crippen molar-refractivity contribution in [3.63, 3.8) is 0 Å². The molecule has 0 unspecified atom stereocenters. The molecule has 4 atom stereocenters. The standard InChI is InChI=1S/C59H77N7O10S/c1-10-65(45-20-24-74-25-21-45)50-30-44(29-48(38(50)4)55(69)60-32-49-36(2)28-37(3)62-56(49)70)42-16-18-47(19-17-42)76-23-11-22-73-26-27-75-34-52(68)64-54(59(7,8)9)58(72)66-33-46(67)31-51(66)57(71)63-39(5)41-12-14-43(15-13-41)53-40(6)61-35-77-53/h12-19,28-30,35,39,45-46,51,54,67H,10-11,20-27,31-34H2,1-9H3,(H,60,69)(H,62,70)(H,63,71)(H,64,68)/t39-,46+,51-,54+/m0/s1. The molecule has 414 valence electrons. The number of hydrogen-bond acceptors (Lipinski definition) is 13. The Bertz CT molecular complexity index is 2870. The van der Waals surface area contributed by atoms with E-state index in [1.165, 1.54) is 4.90 Å². The Morgan fingerprint density at radius 3 is 2.27 bits per heavy atom. The minimum Gasteiger partial charge on any atom is -0.494 e. The van der Waals surface area contributed by atoms with Crippen LogP contribution in [0.25, 0.3) is 21.6 Å². The van der Waals surface area contributed by atoms with Crippen LogP contribution in [0.1, 0.15) is 110 Å². The lowest BCUT2D eigenvalue weighted by Gasteiger charge is -2.37. The molecule has 2 aliphatic heterocycles. The van der Waals surface area contributed by atoms with Crippen LogP contribution in [0.2, 0.25) is 0 Å². The molecular formula is C59H77N7O10S. The Labute approximate surface area is 456 Å². The molecule has 0 radical (unpaired) electrons. The molecule has 0 bridgehead atoms. The second kappa shape index (κ2) is 26.7. The highest BCUT2D eigenvalue weighted by Gasteiger charge is 2.45. The molecule has 18 heteroatoms. The van der Waals surface area contributed by atoms with Crippen molar-refractivity contribution >= 4 is 40.7 Å². The van der Waals surface area contributed by atoms with Crippen LogP contribution in [0.4, 0.5) is 5.69 Å². The quantitative estimate of drug-likeness (QED) is 0.0402. The molecule has 0 aliphatic carbocycles. The summed E-state index contributed by atoms with van der Waals surface area (Å²) in [6, 6.07) is 19.7. The molecule has 7 rings (SSSR count). The lowest BCUT2D eigenvalue weighted by molar-refractivity contribution is -0.144. The van der Waals surface area contributed by atoms with Crippen LogP contribution < -0.4 is 31.1 Å². The van der Waals surface area contributed by atoms with Crippen molar-refractivity contribution in [2.75, 3.05) is 64.2 Å². The summed E-state index contributed by atoms with van der Waals surface area (Å²) in [7, 11) is 0. The number of H-pyrrole nitrogens is 1. The van der Waals surface area contributed by atoms with Gasteiger partial charge in [0.05, 0.1) is 48.0 Å². The molecule has 0 saturated carbocycles. The van der Waals surface area contributed by atoms with Crippen molar-refractivity contribution in [2.45, 2.75) is 125 Å². The predicted octanol–water partition coefficient (Wildman–Crippen LogP) is 7.51. The minimum absolute atomic E-state index is 0.0296. The Balaban J connectivity index is 0.855. The van der Waals surface area contributed by atoms with Gasteiger partial charge in [-0.2, -0.15) is 0 Å². The Morgan fingerprint density at radius 1 is 0.909 bits per heavy atom. The Morgan fingerprint density at radius 2 is 1.61 bits per heavy atom. The highest BCUT2D eigenvalue weighted by atomic mass is 32.1. The van der Waals surface area contributed by atoms with E-state index in [-0.39, 0.29) is 68.8 Å². The maximum atomic E-state index is 14.1. The first kappa shape index (κ1) is 58.2. The molecule has 17 nitrogen and oxygen atoms in total. The maximum Gasteiger partial charge on any atom is 0.253 e. The van der Waals surface area contributed by atoms with E-state index in [0.717, 1.165) is 74.7 Å². The molecular weight excluding hydrogens is 999 g/mol. The zero-order valence-electron chi connectivity index (χ0n) is 46.1. The van der Waals surface area contributed by atoms with Crippen molar-refractivity contribution in [1.29, 1.82) is 0 Å². The monoisotopic (exact) mass is 1080 g/mol. The number of ether oxygens (including phenoxy) is 4. The van der Waals surface area contributed by atoms with E-state index < -0.39 is 35.4 Å². The number of carbonyl (C=O) groups excluding carboxylic acids is 4. The van der Waals surface area contributed by atoms with Gasteiger partial charge in [0.2, 0.25) is 17.7 Å². The molecule has 77 heavy (non-hydrogen) atoms. The van der Waals surface area contributed by atoms with E-state index in [4.69, 9.17) is 18.9 Å². The SMILES string of the molecule is CCN(c1cc(-c2ccc(OCCCOCCOCC(=O)N[C@H](C(=O)N3C[C@H](O)C[C@H]3C(=O)N[C@@H](C)c3ccc(-c4scnc4C)cc3)C(C)(C)C)cc2)cc(C(=O)NCc2c(C)cc(C)[nH]c2=O)c1C)C1CCOCC1. The third-order valence-corrected chi connectivity index (χ3v) is 15.4. The number of aromatic nitrogens is 2. The number of benzene rings is 3. The number of pyridine rings is 1. The van der Waals surface area contributed by atoms with Crippen molar-refractivity contribution < 1.29 is 43.2 Å². The number of amides is 4. The summed E-state index contributed by atoms with van der Waals surface area (Å²) in [5.41, 5.74) is 10.1. The highest BCUT2D eigenvalue weighted by molar-refractivity contribution is 7.13. The molecule has 2 fully saturated rings. The molecule has 4 heterocycles. The summed E-state index contributed by atoms with van der Waals surface area (Å²) >= 11 is 1.57. The van der Waals surface area contributed by atoms with Gasteiger partial charge in [-0.3, -0.25) is 24.0 Å². The summed E-state index contributed by atoms with van der Waals surface area (Å²) in [5.74, 6) is -0.885.